The predicted molar refractivity (Wildman–Crippen MR) is 339 cm³/mol. The van der Waals surface area contributed by atoms with E-state index >= 15 is 0 Å². The molecule has 0 heterocycles. The molecule has 0 fully saturated rings. The highest BCUT2D eigenvalue weighted by atomic mass is 16.6. The number of ether oxygens (including phenoxy) is 3. The Morgan fingerprint density at radius 1 is 0.256 bits per heavy atom. The summed E-state index contributed by atoms with van der Waals surface area (Å²) in [5.74, 6) is -0.861. The number of allylic oxidation sites excluding steroid dienone is 6. The lowest BCUT2D eigenvalue weighted by Crippen LogP contribution is -2.30. The van der Waals surface area contributed by atoms with E-state index in [1.165, 1.54) is 263 Å². The highest BCUT2D eigenvalue weighted by molar-refractivity contribution is 5.71. The topological polar surface area (TPSA) is 78.9 Å². The fraction of sp³-hybridized carbons (Fsp3) is 0.875. The Balaban J connectivity index is 4.23. The van der Waals surface area contributed by atoms with E-state index in [1.807, 2.05) is 0 Å². The van der Waals surface area contributed by atoms with Gasteiger partial charge in [-0.3, -0.25) is 14.4 Å². The molecule has 1 unspecified atom stereocenters. The van der Waals surface area contributed by atoms with Crippen LogP contribution in [0.4, 0.5) is 0 Å². The SMILES string of the molecule is CCC/C=C\C/C=C\CCCCCCCC(=O)OCC(COC(=O)CCCCCCCCCCCCCCCCCCCCCCCCCC)OC(=O)CCCCCCCCCCCCC/C=C\CCCCCCCCCC. The van der Waals surface area contributed by atoms with Crippen LogP contribution in [0.3, 0.4) is 0 Å². The normalized spacial score (nSPS) is 12.2. The van der Waals surface area contributed by atoms with Crippen molar-refractivity contribution in [2.45, 2.75) is 393 Å². The molecule has 0 aliphatic heterocycles. The Morgan fingerprint density at radius 3 is 0.769 bits per heavy atom. The number of esters is 3. The van der Waals surface area contributed by atoms with E-state index in [2.05, 4.69) is 57.2 Å². The number of hydrogen-bond acceptors (Lipinski definition) is 6. The van der Waals surface area contributed by atoms with Crippen molar-refractivity contribution in [1.29, 1.82) is 0 Å². The second kappa shape index (κ2) is 67.1. The molecule has 0 saturated heterocycles. The van der Waals surface area contributed by atoms with Crippen LogP contribution in [-0.4, -0.2) is 37.2 Å². The summed E-state index contributed by atoms with van der Waals surface area (Å²) in [6, 6.07) is 0. The zero-order valence-electron chi connectivity index (χ0n) is 52.7. The van der Waals surface area contributed by atoms with Crippen molar-refractivity contribution in [3.05, 3.63) is 36.5 Å². The predicted octanol–water partition coefficient (Wildman–Crippen LogP) is 23.9. The number of hydrogen-bond donors (Lipinski definition) is 0. The summed E-state index contributed by atoms with van der Waals surface area (Å²) in [6.07, 6.45) is 83.2. The molecule has 6 heteroatoms. The number of carbonyl (C=O) groups is 3. The van der Waals surface area contributed by atoms with Crippen molar-refractivity contribution < 1.29 is 28.6 Å². The van der Waals surface area contributed by atoms with Crippen molar-refractivity contribution in [1.82, 2.24) is 0 Å². The second-order valence-electron chi connectivity index (χ2n) is 23.8. The quantitative estimate of drug-likeness (QED) is 0.0261. The van der Waals surface area contributed by atoms with Gasteiger partial charge in [0.05, 0.1) is 0 Å². The minimum absolute atomic E-state index is 0.0722. The first-order chi connectivity index (χ1) is 38.5. The molecular formula is C72H134O6. The van der Waals surface area contributed by atoms with Gasteiger partial charge in [-0.1, -0.05) is 333 Å². The van der Waals surface area contributed by atoms with E-state index in [-0.39, 0.29) is 31.1 Å². The Labute approximate surface area is 486 Å². The number of unbranched alkanes of at least 4 members (excludes halogenated alkanes) is 48. The first-order valence-electron chi connectivity index (χ1n) is 35.0. The zero-order valence-corrected chi connectivity index (χ0v) is 52.7. The minimum Gasteiger partial charge on any atom is -0.462 e. The van der Waals surface area contributed by atoms with Crippen LogP contribution >= 0.6 is 0 Å². The van der Waals surface area contributed by atoms with Gasteiger partial charge >= 0.3 is 17.9 Å². The van der Waals surface area contributed by atoms with E-state index in [1.54, 1.807) is 0 Å². The second-order valence-corrected chi connectivity index (χ2v) is 23.8. The molecule has 78 heavy (non-hydrogen) atoms. The summed E-state index contributed by atoms with van der Waals surface area (Å²) in [6.45, 7) is 6.64. The molecule has 0 saturated carbocycles. The van der Waals surface area contributed by atoms with E-state index in [0.717, 1.165) is 83.5 Å². The summed E-state index contributed by atoms with van der Waals surface area (Å²) < 4.78 is 17.0. The third kappa shape index (κ3) is 64.5. The van der Waals surface area contributed by atoms with E-state index in [4.69, 9.17) is 14.2 Å². The molecule has 1 atom stereocenters. The maximum absolute atomic E-state index is 12.9. The Bertz CT molecular complexity index is 1300. The lowest BCUT2D eigenvalue weighted by atomic mass is 10.0. The largest absolute Gasteiger partial charge is 0.462 e. The molecule has 0 aromatic carbocycles. The van der Waals surface area contributed by atoms with Crippen LogP contribution in [0.2, 0.25) is 0 Å². The summed E-state index contributed by atoms with van der Waals surface area (Å²) in [4.78, 5) is 38.4. The average Bonchev–Trinajstić information content (AvgIpc) is 3.44. The highest BCUT2D eigenvalue weighted by Crippen LogP contribution is 2.18. The molecule has 0 amide bonds. The summed E-state index contributed by atoms with van der Waals surface area (Å²) in [5.41, 5.74) is 0. The van der Waals surface area contributed by atoms with Crippen molar-refractivity contribution in [3.8, 4) is 0 Å². The molecule has 0 aromatic rings. The van der Waals surface area contributed by atoms with E-state index in [9.17, 15) is 14.4 Å². The van der Waals surface area contributed by atoms with Gasteiger partial charge in [0.1, 0.15) is 13.2 Å². The summed E-state index contributed by atoms with van der Waals surface area (Å²) >= 11 is 0. The van der Waals surface area contributed by atoms with Crippen molar-refractivity contribution in [3.63, 3.8) is 0 Å². The Kier molecular flexibility index (Phi) is 65.1. The monoisotopic (exact) mass is 1100 g/mol. The molecule has 0 bridgehead atoms. The molecule has 0 aromatic heterocycles. The molecular weight excluding hydrogens is 961 g/mol. The van der Waals surface area contributed by atoms with Gasteiger partial charge in [0.25, 0.3) is 0 Å². The standard InChI is InChI=1S/C72H134O6/c1-4-7-10-13-16-19-22-25-27-29-31-33-35-37-38-40-42-44-47-50-53-56-59-62-65-71(74)77-68-69(67-76-70(73)64-61-58-55-52-49-46-24-21-18-15-12-9-6-3)78-72(75)66-63-60-57-54-51-48-45-43-41-39-36-34-32-30-28-26-23-20-17-14-11-8-5-2/h12,15,21,24,30,32,69H,4-11,13-14,16-20,22-23,25-29,31,33-68H2,1-3H3/b15-12-,24-21-,32-30-. The van der Waals surface area contributed by atoms with Gasteiger partial charge in [0, 0.05) is 19.3 Å². The molecule has 0 aliphatic rings. The van der Waals surface area contributed by atoms with Crippen LogP contribution in [-0.2, 0) is 28.6 Å². The average molecular weight is 1100 g/mol. The highest BCUT2D eigenvalue weighted by Gasteiger charge is 2.19. The van der Waals surface area contributed by atoms with E-state index in [0.29, 0.717) is 19.3 Å². The molecule has 0 radical (unpaired) electrons. The summed E-state index contributed by atoms with van der Waals surface area (Å²) in [5, 5.41) is 0. The number of carbonyl (C=O) groups excluding carboxylic acids is 3. The first-order valence-corrected chi connectivity index (χ1v) is 35.0. The van der Waals surface area contributed by atoms with E-state index < -0.39 is 6.10 Å². The minimum atomic E-state index is -0.777. The van der Waals surface area contributed by atoms with Crippen molar-refractivity contribution >= 4 is 17.9 Å². The first kappa shape index (κ1) is 75.6. The molecule has 458 valence electrons. The van der Waals surface area contributed by atoms with Crippen molar-refractivity contribution in [2.24, 2.45) is 0 Å². The third-order valence-electron chi connectivity index (χ3n) is 15.8. The molecule has 0 aliphatic carbocycles. The lowest BCUT2D eigenvalue weighted by Gasteiger charge is -2.18. The fourth-order valence-corrected chi connectivity index (χ4v) is 10.6. The van der Waals surface area contributed by atoms with Crippen LogP contribution in [0.25, 0.3) is 0 Å². The fourth-order valence-electron chi connectivity index (χ4n) is 10.6. The lowest BCUT2D eigenvalue weighted by molar-refractivity contribution is -0.167. The summed E-state index contributed by atoms with van der Waals surface area (Å²) in [7, 11) is 0. The Hall–Kier alpha value is -2.37. The third-order valence-corrected chi connectivity index (χ3v) is 15.8. The van der Waals surface area contributed by atoms with Gasteiger partial charge in [0.2, 0.25) is 0 Å². The van der Waals surface area contributed by atoms with Crippen LogP contribution in [0.15, 0.2) is 36.5 Å². The van der Waals surface area contributed by atoms with Gasteiger partial charge in [-0.05, 0) is 70.6 Å². The Morgan fingerprint density at radius 2 is 0.487 bits per heavy atom. The zero-order chi connectivity index (χ0) is 56.4. The van der Waals surface area contributed by atoms with Gasteiger partial charge in [-0.15, -0.1) is 0 Å². The molecule has 0 spiro atoms. The maximum atomic E-state index is 12.9. The molecule has 6 nitrogen and oxygen atoms in total. The molecule has 0 N–H and O–H groups in total. The van der Waals surface area contributed by atoms with Crippen LogP contribution in [0, 0.1) is 0 Å². The molecule has 0 rings (SSSR count). The smallest absolute Gasteiger partial charge is 0.306 e. The van der Waals surface area contributed by atoms with Gasteiger partial charge in [0.15, 0.2) is 6.10 Å². The van der Waals surface area contributed by atoms with Crippen LogP contribution in [0.5, 0.6) is 0 Å². The number of rotatable bonds is 65. The maximum Gasteiger partial charge on any atom is 0.306 e. The van der Waals surface area contributed by atoms with Crippen LogP contribution in [0.1, 0.15) is 387 Å². The van der Waals surface area contributed by atoms with Crippen LogP contribution < -0.4 is 0 Å². The van der Waals surface area contributed by atoms with Gasteiger partial charge in [-0.25, -0.2) is 0 Å². The van der Waals surface area contributed by atoms with Crippen molar-refractivity contribution in [2.75, 3.05) is 13.2 Å². The van der Waals surface area contributed by atoms with Gasteiger partial charge in [-0.2, -0.15) is 0 Å². The van der Waals surface area contributed by atoms with Gasteiger partial charge < -0.3 is 14.2 Å².